The average Bonchev–Trinajstić information content (AvgIpc) is 2.93. The van der Waals surface area contributed by atoms with E-state index < -0.39 is 26.7 Å². The van der Waals surface area contributed by atoms with Gasteiger partial charge >= 0.3 is 5.97 Å². The molecule has 1 aliphatic heterocycles. The Hall–Kier alpha value is -0.693. The van der Waals surface area contributed by atoms with E-state index in [2.05, 4.69) is 38.6 Å². The third-order valence-corrected chi connectivity index (χ3v) is 10.6. The van der Waals surface area contributed by atoms with Gasteiger partial charge in [0.15, 0.2) is 8.32 Å². The highest BCUT2D eigenvalue weighted by molar-refractivity contribution is 6.74. The Labute approximate surface area is 172 Å². The zero-order valence-corrected chi connectivity index (χ0v) is 19.6. The van der Waals surface area contributed by atoms with Crippen LogP contribution in [0.15, 0.2) is 11.6 Å². The molecule has 0 amide bonds. The summed E-state index contributed by atoms with van der Waals surface area (Å²) in [6, 6.07) is 0. The largest absolute Gasteiger partial charge is 0.429 e. The molecule has 0 radical (unpaired) electrons. The molecule has 0 spiro atoms. The van der Waals surface area contributed by atoms with Gasteiger partial charge in [-0.15, -0.1) is 0 Å². The first kappa shape index (κ1) is 25.3. The number of carbonyl (C=O) groups excluding carboxylic acids is 1. The van der Waals surface area contributed by atoms with Gasteiger partial charge < -0.3 is 19.4 Å². The Morgan fingerprint density at radius 3 is 2.00 bits per heavy atom. The second kappa shape index (κ2) is 12.1. The number of esters is 1. The molecule has 0 aliphatic carbocycles. The van der Waals surface area contributed by atoms with Crippen LogP contribution in [-0.2, 0) is 14.0 Å². The fourth-order valence-electron chi connectivity index (χ4n) is 3.07. The summed E-state index contributed by atoms with van der Waals surface area (Å²) in [5.74, 6) is -0.576. The van der Waals surface area contributed by atoms with Crippen molar-refractivity contribution in [2.24, 2.45) is 0 Å². The average molecular weight is 415 g/mol. The summed E-state index contributed by atoms with van der Waals surface area (Å²) < 4.78 is 10.8. The third-order valence-electron chi connectivity index (χ3n) is 6.07. The second-order valence-electron chi connectivity index (χ2n) is 9.53. The van der Waals surface area contributed by atoms with Crippen LogP contribution in [-0.4, -0.2) is 43.5 Å². The predicted molar refractivity (Wildman–Crippen MR) is 116 cm³/mol. The Balaban J connectivity index is 1.92. The number of ether oxygens (including phenoxy) is 1. The van der Waals surface area contributed by atoms with Crippen molar-refractivity contribution in [2.75, 3.05) is 6.61 Å². The van der Waals surface area contributed by atoms with E-state index in [9.17, 15) is 15.0 Å². The molecule has 1 rings (SSSR count). The number of carbonyl (C=O) groups is 1. The van der Waals surface area contributed by atoms with Gasteiger partial charge in [0.2, 0.25) is 6.29 Å². The van der Waals surface area contributed by atoms with Gasteiger partial charge in [0.25, 0.3) is 0 Å². The highest BCUT2D eigenvalue weighted by Crippen LogP contribution is 2.36. The number of rotatable bonds is 14. The molecule has 164 valence electrons. The number of aliphatic hydroxyl groups is 2. The normalized spacial score (nSPS) is 18.9. The monoisotopic (exact) mass is 414 g/mol. The lowest BCUT2D eigenvalue weighted by Crippen LogP contribution is -2.40. The molecule has 0 fully saturated rings. The molecule has 5 nitrogen and oxygen atoms in total. The van der Waals surface area contributed by atoms with Crippen molar-refractivity contribution < 1.29 is 24.2 Å². The van der Waals surface area contributed by atoms with Crippen molar-refractivity contribution in [2.45, 2.75) is 116 Å². The molecule has 2 unspecified atom stereocenters. The van der Waals surface area contributed by atoms with Crippen molar-refractivity contribution >= 4 is 14.3 Å². The van der Waals surface area contributed by atoms with E-state index in [1.54, 1.807) is 0 Å². The minimum atomic E-state index is -1.58. The van der Waals surface area contributed by atoms with Gasteiger partial charge in [-0.1, -0.05) is 72.1 Å². The molecule has 0 saturated heterocycles. The maximum atomic E-state index is 11.0. The molecule has 0 saturated carbocycles. The highest BCUT2D eigenvalue weighted by atomic mass is 28.4. The maximum Gasteiger partial charge on any atom is 0.333 e. The molecule has 1 heterocycles. The quantitative estimate of drug-likeness (QED) is 0.236. The highest BCUT2D eigenvalue weighted by Gasteiger charge is 2.36. The van der Waals surface area contributed by atoms with Gasteiger partial charge in [0.05, 0.1) is 6.10 Å². The molecule has 0 aromatic heterocycles. The molecule has 6 heteroatoms. The van der Waals surface area contributed by atoms with Gasteiger partial charge in [-0.25, -0.2) is 4.79 Å². The number of hydrogen-bond acceptors (Lipinski definition) is 5. The van der Waals surface area contributed by atoms with Crippen molar-refractivity contribution in [3.63, 3.8) is 0 Å². The van der Waals surface area contributed by atoms with E-state index in [0.717, 1.165) is 32.3 Å². The third kappa shape index (κ3) is 9.20. The Morgan fingerprint density at radius 2 is 1.54 bits per heavy atom. The summed E-state index contributed by atoms with van der Waals surface area (Å²) in [7, 11) is -1.58. The molecule has 28 heavy (non-hydrogen) atoms. The molecule has 0 aromatic rings. The summed E-state index contributed by atoms with van der Waals surface area (Å²) in [5.41, 5.74) is 0.294. The number of hydrogen-bond donors (Lipinski definition) is 2. The van der Waals surface area contributed by atoms with Crippen LogP contribution >= 0.6 is 0 Å². The summed E-state index contributed by atoms with van der Waals surface area (Å²) in [4.78, 5) is 11.0. The van der Waals surface area contributed by atoms with Gasteiger partial charge in [-0.2, -0.15) is 0 Å². The minimum Gasteiger partial charge on any atom is -0.429 e. The fraction of sp³-hybridized carbons (Fsp3) is 0.864. The van der Waals surface area contributed by atoms with Crippen LogP contribution in [0.4, 0.5) is 0 Å². The molecule has 2 N–H and O–H groups in total. The lowest BCUT2D eigenvalue weighted by Gasteiger charge is -2.36. The van der Waals surface area contributed by atoms with Crippen LogP contribution in [0.25, 0.3) is 0 Å². The first-order valence-corrected chi connectivity index (χ1v) is 13.9. The van der Waals surface area contributed by atoms with E-state index in [1.807, 2.05) is 0 Å². The first-order valence-electron chi connectivity index (χ1n) is 11.0. The van der Waals surface area contributed by atoms with Crippen molar-refractivity contribution in [3.05, 3.63) is 11.6 Å². The molecule has 1 aliphatic rings. The summed E-state index contributed by atoms with van der Waals surface area (Å²) in [5, 5.41) is 19.8. The van der Waals surface area contributed by atoms with Crippen molar-refractivity contribution in [1.29, 1.82) is 0 Å². The van der Waals surface area contributed by atoms with E-state index in [1.165, 1.54) is 38.2 Å². The predicted octanol–water partition coefficient (Wildman–Crippen LogP) is 5.07. The summed E-state index contributed by atoms with van der Waals surface area (Å²) >= 11 is 0. The lowest BCUT2D eigenvalue weighted by molar-refractivity contribution is -0.152. The second-order valence-corrected chi connectivity index (χ2v) is 14.3. The van der Waals surface area contributed by atoms with Crippen LogP contribution < -0.4 is 0 Å². The van der Waals surface area contributed by atoms with E-state index >= 15 is 0 Å². The number of aliphatic hydroxyl groups excluding tert-OH is 2. The van der Waals surface area contributed by atoms with Crippen molar-refractivity contribution in [1.82, 2.24) is 0 Å². The van der Waals surface area contributed by atoms with Gasteiger partial charge in [0, 0.05) is 18.3 Å². The minimum absolute atomic E-state index is 0.294. The smallest absolute Gasteiger partial charge is 0.333 e. The van der Waals surface area contributed by atoms with Gasteiger partial charge in [0.1, 0.15) is 0 Å². The summed E-state index contributed by atoms with van der Waals surface area (Å²) in [6.07, 6.45) is 10.3. The topological polar surface area (TPSA) is 76.0 Å². The first-order chi connectivity index (χ1) is 13.0. The Bertz CT molecular complexity index is 496. The van der Waals surface area contributed by atoms with E-state index in [-0.39, 0.29) is 0 Å². The standard InChI is InChI=1S/C22H42O5Si/c1-22(2,3)28(4,5)26-16-14-12-10-8-6-7-9-11-13-15-19(23)18-17-20(24)27-21(18)25/h17,19,21,23,25H,6-16H2,1-5H3. The summed E-state index contributed by atoms with van der Waals surface area (Å²) in [6.45, 7) is 12.4. The molecule has 0 bridgehead atoms. The van der Waals surface area contributed by atoms with Gasteiger partial charge in [-0.3, -0.25) is 0 Å². The Kier molecular flexibility index (Phi) is 11.0. The van der Waals surface area contributed by atoms with Crippen LogP contribution in [0, 0.1) is 0 Å². The number of unbranched alkanes of at least 4 members (excludes halogenated alkanes) is 8. The fourth-order valence-corrected chi connectivity index (χ4v) is 4.16. The van der Waals surface area contributed by atoms with Crippen LogP contribution in [0.3, 0.4) is 0 Å². The molecule has 2 atom stereocenters. The lowest BCUT2D eigenvalue weighted by atomic mass is 10.0. The molecular weight excluding hydrogens is 372 g/mol. The van der Waals surface area contributed by atoms with Gasteiger partial charge in [-0.05, 0) is 31.0 Å². The van der Waals surface area contributed by atoms with E-state index in [0.29, 0.717) is 17.0 Å². The SMILES string of the molecule is CC(C)(C)[Si](C)(C)OCCCCCCCCCCCC(O)C1=CC(=O)OC1O. The zero-order chi connectivity index (χ0) is 21.2. The van der Waals surface area contributed by atoms with Crippen molar-refractivity contribution in [3.8, 4) is 0 Å². The Morgan fingerprint density at radius 1 is 1.04 bits per heavy atom. The zero-order valence-electron chi connectivity index (χ0n) is 18.6. The molecular formula is C22H42O5Si. The van der Waals surface area contributed by atoms with Crippen LogP contribution in [0.2, 0.25) is 18.1 Å². The van der Waals surface area contributed by atoms with Crippen LogP contribution in [0.1, 0.15) is 85.0 Å². The maximum absolute atomic E-state index is 11.0. The van der Waals surface area contributed by atoms with Crippen LogP contribution in [0.5, 0.6) is 0 Å². The number of cyclic esters (lactones) is 1. The molecule has 0 aromatic carbocycles. The van der Waals surface area contributed by atoms with E-state index in [4.69, 9.17) is 4.43 Å².